The van der Waals surface area contributed by atoms with Crippen LogP contribution in [0.25, 0.3) is 0 Å². The van der Waals surface area contributed by atoms with Crippen LogP contribution in [0.2, 0.25) is 5.02 Å². The Bertz CT molecular complexity index is 1390. The van der Waals surface area contributed by atoms with E-state index in [0.29, 0.717) is 22.0 Å². The summed E-state index contributed by atoms with van der Waals surface area (Å²) in [7, 11) is 0. The molecule has 8 nitrogen and oxygen atoms in total. The van der Waals surface area contributed by atoms with Gasteiger partial charge in [0.1, 0.15) is 10.7 Å². The van der Waals surface area contributed by atoms with Crippen LogP contribution in [0.1, 0.15) is 27.6 Å². The largest absolute Gasteiger partial charge is 0.462 e. The van der Waals surface area contributed by atoms with Gasteiger partial charge >= 0.3 is 5.97 Å². The highest BCUT2D eigenvalue weighted by molar-refractivity contribution is 6.53. The third-order valence-corrected chi connectivity index (χ3v) is 5.76. The van der Waals surface area contributed by atoms with E-state index in [1.165, 1.54) is 24.3 Å². The molecular weight excluding hydrogens is 505 g/mol. The summed E-state index contributed by atoms with van der Waals surface area (Å²) in [5, 5.41) is 5.86. The van der Waals surface area contributed by atoms with Gasteiger partial charge in [-0.05, 0) is 73.7 Å². The van der Waals surface area contributed by atoms with Crippen LogP contribution in [0.5, 0.6) is 0 Å². The molecule has 0 fully saturated rings. The molecule has 3 aromatic carbocycles. The normalized spacial score (nSPS) is 13.1. The smallest absolute Gasteiger partial charge is 0.338 e. The molecule has 36 heavy (non-hydrogen) atoms. The standard InChI is InChI=1S/C26H19Cl2N3O5/c1-2-36-26(35)16-4-3-5-20(14-16)31-24(33)21(28)22(25(31)34)29-18-10-6-15(7-11-18)23(32)30-19-12-8-17(27)9-13-19/h3-14,29H,2H2,1H3,(H,30,32). The van der Waals surface area contributed by atoms with Gasteiger partial charge in [-0.25, -0.2) is 9.69 Å². The molecule has 0 spiro atoms. The molecule has 1 heterocycles. The number of halogens is 2. The van der Waals surface area contributed by atoms with Crippen LogP contribution in [-0.2, 0) is 14.3 Å². The second-order valence-corrected chi connectivity index (χ2v) is 8.38. The number of hydrogen-bond acceptors (Lipinski definition) is 6. The molecule has 3 amide bonds. The van der Waals surface area contributed by atoms with Crippen LogP contribution in [0, 0.1) is 0 Å². The fourth-order valence-electron chi connectivity index (χ4n) is 3.42. The first kappa shape index (κ1) is 25.0. The number of nitrogens with zero attached hydrogens (tertiary/aromatic N) is 1. The van der Waals surface area contributed by atoms with Gasteiger partial charge in [-0.3, -0.25) is 14.4 Å². The number of hydrogen-bond donors (Lipinski definition) is 2. The lowest BCUT2D eigenvalue weighted by Crippen LogP contribution is -2.32. The summed E-state index contributed by atoms with van der Waals surface area (Å²) in [4.78, 5) is 51.2. The van der Waals surface area contributed by atoms with Gasteiger partial charge in [-0.2, -0.15) is 0 Å². The van der Waals surface area contributed by atoms with E-state index in [9.17, 15) is 19.2 Å². The van der Waals surface area contributed by atoms with Gasteiger partial charge in [0.15, 0.2) is 0 Å². The fourth-order valence-corrected chi connectivity index (χ4v) is 3.76. The van der Waals surface area contributed by atoms with Crippen LogP contribution in [0.3, 0.4) is 0 Å². The summed E-state index contributed by atoms with van der Waals surface area (Å²) in [6.45, 7) is 1.86. The minimum Gasteiger partial charge on any atom is -0.462 e. The highest BCUT2D eigenvalue weighted by atomic mass is 35.5. The van der Waals surface area contributed by atoms with E-state index >= 15 is 0 Å². The molecule has 0 unspecified atom stereocenters. The molecule has 0 radical (unpaired) electrons. The molecule has 0 bridgehead atoms. The molecule has 1 aliphatic heterocycles. The number of nitrogens with one attached hydrogen (secondary N) is 2. The van der Waals surface area contributed by atoms with Gasteiger partial charge in [-0.1, -0.05) is 29.3 Å². The van der Waals surface area contributed by atoms with Gasteiger partial charge in [0.05, 0.1) is 17.9 Å². The Labute approximate surface area is 216 Å². The Morgan fingerprint density at radius 2 is 1.53 bits per heavy atom. The summed E-state index contributed by atoms with van der Waals surface area (Å²) < 4.78 is 4.97. The molecule has 0 saturated heterocycles. The Morgan fingerprint density at radius 3 is 2.19 bits per heavy atom. The van der Waals surface area contributed by atoms with E-state index in [1.54, 1.807) is 55.5 Å². The average molecular weight is 524 g/mol. The van der Waals surface area contributed by atoms with Crippen LogP contribution in [-0.4, -0.2) is 30.3 Å². The third-order valence-electron chi connectivity index (χ3n) is 5.16. The number of anilines is 3. The lowest BCUT2D eigenvalue weighted by molar-refractivity contribution is -0.120. The van der Waals surface area contributed by atoms with Crippen LogP contribution >= 0.6 is 23.2 Å². The van der Waals surface area contributed by atoms with Crippen molar-refractivity contribution in [2.75, 3.05) is 22.1 Å². The highest BCUT2D eigenvalue weighted by Crippen LogP contribution is 2.31. The first-order valence-corrected chi connectivity index (χ1v) is 11.5. The van der Waals surface area contributed by atoms with Crippen molar-refractivity contribution in [3.05, 3.63) is 99.7 Å². The second-order valence-electron chi connectivity index (χ2n) is 7.57. The zero-order chi connectivity index (χ0) is 25.8. The number of amides is 3. The van der Waals surface area contributed by atoms with Gasteiger partial charge in [-0.15, -0.1) is 0 Å². The van der Waals surface area contributed by atoms with E-state index in [2.05, 4.69) is 10.6 Å². The van der Waals surface area contributed by atoms with E-state index in [0.717, 1.165) is 4.90 Å². The Balaban J connectivity index is 1.48. The van der Waals surface area contributed by atoms with Crippen LogP contribution < -0.4 is 15.5 Å². The van der Waals surface area contributed by atoms with Crippen molar-refractivity contribution in [2.24, 2.45) is 0 Å². The van der Waals surface area contributed by atoms with Crippen LogP contribution in [0.15, 0.2) is 83.5 Å². The van der Waals surface area contributed by atoms with Crippen molar-refractivity contribution in [1.29, 1.82) is 0 Å². The van der Waals surface area contributed by atoms with E-state index in [4.69, 9.17) is 27.9 Å². The number of carbonyl (C=O) groups excluding carboxylic acids is 4. The molecule has 4 rings (SSSR count). The number of ether oxygens (including phenoxy) is 1. The average Bonchev–Trinajstić information content (AvgIpc) is 3.09. The number of benzene rings is 3. The molecule has 0 aliphatic carbocycles. The number of carbonyl (C=O) groups is 4. The van der Waals surface area contributed by atoms with Crippen molar-refractivity contribution in [3.8, 4) is 0 Å². The summed E-state index contributed by atoms with van der Waals surface area (Å²) >= 11 is 12.1. The Kier molecular flexibility index (Phi) is 7.38. The third kappa shape index (κ3) is 5.25. The molecule has 0 saturated carbocycles. The lowest BCUT2D eigenvalue weighted by atomic mass is 10.2. The summed E-state index contributed by atoms with van der Waals surface area (Å²) in [6.07, 6.45) is 0. The topological polar surface area (TPSA) is 105 Å². The fraction of sp³-hybridized carbons (Fsp3) is 0.0769. The van der Waals surface area contributed by atoms with Crippen molar-refractivity contribution in [2.45, 2.75) is 6.92 Å². The van der Waals surface area contributed by atoms with Crippen molar-refractivity contribution < 1.29 is 23.9 Å². The molecule has 0 aromatic heterocycles. The summed E-state index contributed by atoms with van der Waals surface area (Å²) in [5.74, 6) is -2.32. The first-order chi connectivity index (χ1) is 17.3. The number of imide groups is 1. The maximum absolute atomic E-state index is 13.1. The van der Waals surface area contributed by atoms with Gasteiger partial charge in [0, 0.05) is 22.0 Å². The maximum atomic E-state index is 13.1. The van der Waals surface area contributed by atoms with E-state index < -0.39 is 17.8 Å². The molecule has 10 heteroatoms. The van der Waals surface area contributed by atoms with E-state index in [-0.39, 0.29) is 34.5 Å². The second kappa shape index (κ2) is 10.6. The highest BCUT2D eigenvalue weighted by Gasteiger charge is 2.39. The molecule has 0 atom stereocenters. The SMILES string of the molecule is CCOC(=O)c1cccc(N2C(=O)C(Cl)=C(Nc3ccc(C(=O)Nc4ccc(Cl)cc4)cc3)C2=O)c1. The molecule has 2 N–H and O–H groups in total. The number of rotatable bonds is 7. The van der Waals surface area contributed by atoms with Crippen molar-refractivity contribution in [1.82, 2.24) is 0 Å². The Hall–Kier alpha value is -4.14. The monoisotopic (exact) mass is 523 g/mol. The molecule has 3 aromatic rings. The van der Waals surface area contributed by atoms with Gasteiger partial charge in [0.25, 0.3) is 17.7 Å². The minimum absolute atomic E-state index is 0.124. The quantitative estimate of drug-likeness (QED) is 0.325. The van der Waals surface area contributed by atoms with E-state index in [1.807, 2.05) is 0 Å². The predicted molar refractivity (Wildman–Crippen MR) is 137 cm³/mol. The minimum atomic E-state index is -0.732. The van der Waals surface area contributed by atoms with Crippen molar-refractivity contribution in [3.63, 3.8) is 0 Å². The molecule has 1 aliphatic rings. The molecular formula is C26H19Cl2N3O5. The predicted octanol–water partition coefficient (Wildman–Crippen LogP) is 5.20. The molecule has 182 valence electrons. The zero-order valence-electron chi connectivity index (χ0n) is 18.9. The zero-order valence-corrected chi connectivity index (χ0v) is 20.4. The lowest BCUT2D eigenvalue weighted by Gasteiger charge is -2.16. The number of esters is 1. The van der Waals surface area contributed by atoms with Gasteiger partial charge in [0.2, 0.25) is 0 Å². The van der Waals surface area contributed by atoms with Crippen molar-refractivity contribution >= 4 is 64.0 Å². The van der Waals surface area contributed by atoms with Crippen LogP contribution in [0.4, 0.5) is 17.1 Å². The summed E-state index contributed by atoms with van der Waals surface area (Å²) in [6, 6.07) is 18.9. The Morgan fingerprint density at radius 1 is 0.861 bits per heavy atom. The summed E-state index contributed by atoms with van der Waals surface area (Å²) in [5.41, 5.74) is 1.66. The maximum Gasteiger partial charge on any atom is 0.338 e. The first-order valence-electron chi connectivity index (χ1n) is 10.8. The van der Waals surface area contributed by atoms with Gasteiger partial charge < -0.3 is 15.4 Å².